The summed E-state index contributed by atoms with van der Waals surface area (Å²) in [6.45, 7) is 2.78. The minimum atomic E-state index is -0.998. The second-order valence-corrected chi connectivity index (χ2v) is 2.40. The Morgan fingerprint density at radius 2 is 2.27 bits per heavy atom. The molecule has 0 bridgehead atoms. The largest absolute Gasteiger partial charge is 0.480 e. The van der Waals surface area contributed by atoms with Gasteiger partial charge in [0.15, 0.2) is 0 Å². The van der Waals surface area contributed by atoms with Crippen molar-refractivity contribution in [2.24, 2.45) is 11.5 Å². The summed E-state index contributed by atoms with van der Waals surface area (Å²) in [5, 5.41) is 11.3. The fourth-order valence-corrected chi connectivity index (χ4v) is 0.652. The Balaban J connectivity index is 3.63. The van der Waals surface area contributed by atoms with Crippen LogP contribution in [0.5, 0.6) is 0 Å². The number of hydrogen-bond donors (Lipinski definition) is 4. The first-order chi connectivity index (χ1) is 5.09. The van der Waals surface area contributed by atoms with Crippen LogP contribution in [-0.4, -0.2) is 36.2 Å². The average Bonchev–Trinajstić information content (AvgIpc) is 1.98. The normalized spacial score (nSPS) is 15.9. The van der Waals surface area contributed by atoms with Gasteiger partial charge >= 0.3 is 5.97 Å². The van der Waals surface area contributed by atoms with E-state index in [2.05, 4.69) is 5.32 Å². The lowest BCUT2D eigenvalue weighted by atomic mass is 10.1. The molecule has 0 aliphatic heterocycles. The molecule has 0 saturated heterocycles. The number of carboxylic acids is 1. The topological polar surface area (TPSA) is 101 Å². The quantitative estimate of drug-likeness (QED) is 0.386. The van der Waals surface area contributed by atoms with E-state index in [0.29, 0.717) is 13.1 Å². The van der Waals surface area contributed by atoms with Gasteiger partial charge in [-0.1, -0.05) is 0 Å². The Bertz CT molecular complexity index is 129. The predicted molar refractivity (Wildman–Crippen MR) is 42.1 cm³/mol. The van der Waals surface area contributed by atoms with Crippen molar-refractivity contribution in [3.63, 3.8) is 0 Å². The first-order valence-electron chi connectivity index (χ1n) is 3.51. The van der Waals surface area contributed by atoms with Crippen LogP contribution in [0.1, 0.15) is 6.92 Å². The highest BCUT2D eigenvalue weighted by atomic mass is 16.4. The maximum absolute atomic E-state index is 10.3. The van der Waals surface area contributed by atoms with Crippen LogP contribution in [0, 0.1) is 0 Å². The molecule has 0 heterocycles. The summed E-state index contributed by atoms with van der Waals surface area (Å²) in [6, 6.07) is -1.10. The fourth-order valence-electron chi connectivity index (χ4n) is 0.652. The molecule has 0 fully saturated rings. The van der Waals surface area contributed by atoms with Gasteiger partial charge in [0.25, 0.3) is 0 Å². The summed E-state index contributed by atoms with van der Waals surface area (Å²) in [6.07, 6.45) is 0. The van der Waals surface area contributed by atoms with E-state index in [0.717, 1.165) is 0 Å². The molecular formula is C6H15N3O2. The van der Waals surface area contributed by atoms with E-state index in [1.807, 2.05) is 0 Å². The van der Waals surface area contributed by atoms with Crippen molar-refractivity contribution in [2.75, 3.05) is 13.1 Å². The lowest BCUT2D eigenvalue weighted by molar-refractivity contribution is -0.139. The maximum atomic E-state index is 10.3. The van der Waals surface area contributed by atoms with Gasteiger partial charge in [0.1, 0.15) is 6.04 Å². The molecule has 6 N–H and O–H groups in total. The third kappa shape index (κ3) is 3.92. The summed E-state index contributed by atoms with van der Waals surface area (Å²) < 4.78 is 0. The molecule has 66 valence electrons. The second kappa shape index (κ2) is 5.06. The Hall–Kier alpha value is -0.650. The van der Waals surface area contributed by atoms with Gasteiger partial charge in [-0.25, -0.2) is 0 Å². The summed E-state index contributed by atoms with van der Waals surface area (Å²) in [5.41, 5.74) is 10.5. The summed E-state index contributed by atoms with van der Waals surface area (Å²) >= 11 is 0. The monoisotopic (exact) mass is 161 g/mol. The molecule has 0 aliphatic carbocycles. The lowest BCUT2D eigenvalue weighted by Gasteiger charge is -2.16. The molecule has 2 unspecified atom stereocenters. The van der Waals surface area contributed by atoms with Crippen LogP contribution in [0.15, 0.2) is 0 Å². The number of nitrogens with two attached hydrogens (primary N) is 2. The van der Waals surface area contributed by atoms with E-state index in [4.69, 9.17) is 16.6 Å². The molecule has 0 aromatic carbocycles. The van der Waals surface area contributed by atoms with Gasteiger partial charge in [-0.15, -0.1) is 0 Å². The fraction of sp³-hybridized carbons (Fsp3) is 0.833. The summed E-state index contributed by atoms with van der Waals surface area (Å²) in [5.74, 6) is -0.998. The van der Waals surface area contributed by atoms with E-state index in [9.17, 15) is 4.79 Å². The van der Waals surface area contributed by atoms with E-state index < -0.39 is 12.0 Å². The molecule has 0 rings (SSSR count). The molecule has 5 heteroatoms. The van der Waals surface area contributed by atoms with Crippen molar-refractivity contribution < 1.29 is 9.90 Å². The molecule has 0 saturated carbocycles. The van der Waals surface area contributed by atoms with Gasteiger partial charge in [-0.3, -0.25) is 4.79 Å². The molecule has 0 aliphatic rings. The zero-order chi connectivity index (χ0) is 8.85. The molecule has 5 nitrogen and oxygen atoms in total. The van der Waals surface area contributed by atoms with Crippen LogP contribution >= 0.6 is 0 Å². The number of carboxylic acid groups (broad SMARTS) is 1. The van der Waals surface area contributed by atoms with Gasteiger partial charge in [-0.05, 0) is 6.92 Å². The number of carbonyl (C=O) groups is 1. The Kier molecular flexibility index (Phi) is 4.76. The first kappa shape index (κ1) is 10.3. The Morgan fingerprint density at radius 1 is 1.73 bits per heavy atom. The molecule has 0 aromatic rings. The number of hydrogen-bond acceptors (Lipinski definition) is 4. The van der Waals surface area contributed by atoms with Crippen molar-refractivity contribution in [3.8, 4) is 0 Å². The molecule has 0 amide bonds. The highest BCUT2D eigenvalue weighted by Crippen LogP contribution is 1.87. The summed E-state index contributed by atoms with van der Waals surface area (Å²) in [4.78, 5) is 10.3. The highest BCUT2D eigenvalue weighted by Gasteiger charge is 2.18. The van der Waals surface area contributed by atoms with Crippen LogP contribution in [0.2, 0.25) is 0 Å². The van der Waals surface area contributed by atoms with E-state index >= 15 is 0 Å². The van der Waals surface area contributed by atoms with Crippen LogP contribution in [-0.2, 0) is 4.79 Å². The zero-order valence-corrected chi connectivity index (χ0v) is 6.58. The molecule has 2 atom stereocenters. The first-order valence-corrected chi connectivity index (χ1v) is 3.51. The van der Waals surface area contributed by atoms with Gasteiger partial charge in [-0.2, -0.15) is 0 Å². The third-order valence-electron chi connectivity index (χ3n) is 1.43. The van der Waals surface area contributed by atoms with Gasteiger partial charge in [0, 0.05) is 19.1 Å². The van der Waals surface area contributed by atoms with Crippen LogP contribution in [0.4, 0.5) is 0 Å². The smallest absolute Gasteiger partial charge is 0.322 e. The van der Waals surface area contributed by atoms with Crippen LogP contribution in [0.3, 0.4) is 0 Å². The average molecular weight is 161 g/mol. The van der Waals surface area contributed by atoms with E-state index in [1.165, 1.54) is 0 Å². The second-order valence-electron chi connectivity index (χ2n) is 2.40. The number of nitrogens with one attached hydrogen (secondary N) is 1. The minimum Gasteiger partial charge on any atom is -0.480 e. The standard InChI is InChI=1S/C6H15N3O2/c1-4(9-3-2-7)5(8)6(10)11/h4-5,9H,2-3,7-8H2,1H3,(H,10,11). The van der Waals surface area contributed by atoms with Gasteiger partial charge in [0.2, 0.25) is 0 Å². The molecule has 0 aromatic heterocycles. The molecule has 11 heavy (non-hydrogen) atoms. The van der Waals surface area contributed by atoms with Crippen molar-refractivity contribution in [1.29, 1.82) is 0 Å². The van der Waals surface area contributed by atoms with Crippen molar-refractivity contribution in [1.82, 2.24) is 5.32 Å². The van der Waals surface area contributed by atoms with Crippen LogP contribution in [0.25, 0.3) is 0 Å². The van der Waals surface area contributed by atoms with Crippen LogP contribution < -0.4 is 16.8 Å². The zero-order valence-electron chi connectivity index (χ0n) is 6.58. The molecule has 0 radical (unpaired) electrons. The minimum absolute atomic E-state index is 0.240. The van der Waals surface area contributed by atoms with E-state index in [1.54, 1.807) is 6.92 Å². The molecule has 0 spiro atoms. The predicted octanol–water partition coefficient (Wildman–Crippen LogP) is -1.66. The molecular weight excluding hydrogens is 146 g/mol. The van der Waals surface area contributed by atoms with Crippen molar-refractivity contribution in [2.45, 2.75) is 19.0 Å². The highest BCUT2D eigenvalue weighted by molar-refractivity contribution is 5.74. The number of aliphatic carboxylic acids is 1. The summed E-state index contributed by atoms with van der Waals surface area (Å²) in [7, 11) is 0. The van der Waals surface area contributed by atoms with Gasteiger partial charge in [0.05, 0.1) is 0 Å². The number of rotatable bonds is 5. The Labute approximate surface area is 65.7 Å². The van der Waals surface area contributed by atoms with Crippen molar-refractivity contribution in [3.05, 3.63) is 0 Å². The maximum Gasteiger partial charge on any atom is 0.322 e. The third-order valence-corrected chi connectivity index (χ3v) is 1.43. The van der Waals surface area contributed by atoms with Gasteiger partial charge < -0.3 is 21.9 Å². The lowest BCUT2D eigenvalue weighted by Crippen LogP contribution is -2.49. The Morgan fingerprint density at radius 3 is 2.64 bits per heavy atom. The SMILES string of the molecule is CC(NCCN)C(N)C(=O)O. The van der Waals surface area contributed by atoms with Crippen molar-refractivity contribution >= 4 is 5.97 Å². The van der Waals surface area contributed by atoms with E-state index in [-0.39, 0.29) is 6.04 Å².